The second-order valence-electron chi connectivity index (χ2n) is 6.03. The van der Waals surface area contributed by atoms with Gasteiger partial charge in [0, 0.05) is 23.5 Å². The normalized spacial score (nSPS) is 16.2. The van der Waals surface area contributed by atoms with Gasteiger partial charge in [-0.05, 0) is 55.7 Å². The number of rotatable bonds is 3. The smallest absolute Gasteiger partial charge is 0.326 e. The molecule has 0 saturated carbocycles. The lowest BCUT2D eigenvalue weighted by Gasteiger charge is -2.35. The Kier molecular flexibility index (Phi) is 4.79. The van der Waals surface area contributed by atoms with Gasteiger partial charge in [-0.2, -0.15) is 0 Å². The van der Waals surface area contributed by atoms with Crippen molar-refractivity contribution in [2.45, 2.75) is 25.8 Å². The minimum absolute atomic E-state index is 0.0260. The van der Waals surface area contributed by atoms with E-state index in [0.29, 0.717) is 17.2 Å². The minimum atomic E-state index is -0.284. The molecule has 0 fully saturated rings. The highest BCUT2D eigenvalue weighted by atomic mass is 19.1. The molecule has 1 N–H and O–H groups in total. The van der Waals surface area contributed by atoms with Crippen molar-refractivity contribution in [2.24, 2.45) is 0 Å². The molecule has 132 valence electrons. The van der Waals surface area contributed by atoms with Crippen molar-refractivity contribution in [3.63, 3.8) is 0 Å². The second kappa shape index (κ2) is 7.01. The fraction of sp³-hybridized carbons (Fsp3) is 0.316. The van der Waals surface area contributed by atoms with Crippen LogP contribution in [0.4, 0.5) is 20.6 Å². The summed E-state index contributed by atoms with van der Waals surface area (Å²) in [4.78, 5) is 14.5. The van der Waals surface area contributed by atoms with Crippen LogP contribution in [-0.4, -0.2) is 26.3 Å². The maximum atomic E-state index is 13.5. The number of nitrogens with one attached hydrogen (secondary N) is 1. The Morgan fingerprint density at radius 3 is 2.64 bits per heavy atom. The summed E-state index contributed by atoms with van der Waals surface area (Å²) in [7, 11) is 3.10. The Morgan fingerprint density at radius 2 is 1.92 bits per heavy atom. The number of carbonyl (C=O) groups excluding carboxylic acids is 1. The van der Waals surface area contributed by atoms with Gasteiger partial charge in [0.2, 0.25) is 0 Å². The number of hydrogen-bond acceptors (Lipinski definition) is 3. The lowest BCUT2D eigenvalue weighted by molar-refractivity contribution is 0.254. The molecule has 0 spiro atoms. The number of anilines is 2. The van der Waals surface area contributed by atoms with Gasteiger partial charge in [-0.1, -0.05) is 0 Å². The fourth-order valence-corrected chi connectivity index (χ4v) is 3.13. The average molecular weight is 344 g/mol. The number of methoxy groups -OCH3 is 2. The van der Waals surface area contributed by atoms with E-state index in [9.17, 15) is 9.18 Å². The van der Waals surface area contributed by atoms with Gasteiger partial charge in [-0.25, -0.2) is 9.18 Å². The molecule has 3 rings (SSSR count). The molecule has 1 heterocycles. The third-order valence-corrected chi connectivity index (χ3v) is 4.43. The van der Waals surface area contributed by atoms with E-state index in [1.807, 2.05) is 6.92 Å². The minimum Gasteiger partial charge on any atom is -0.493 e. The van der Waals surface area contributed by atoms with Crippen LogP contribution in [0.25, 0.3) is 0 Å². The third kappa shape index (κ3) is 3.38. The number of nitrogens with zero attached hydrogens (tertiary/aromatic N) is 1. The van der Waals surface area contributed by atoms with Crippen molar-refractivity contribution >= 4 is 17.4 Å². The summed E-state index contributed by atoms with van der Waals surface area (Å²) in [6.45, 7) is 1.99. The lowest BCUT2D eigenvalue weighted by Crippen LogP contribution is -2.44. The van der Waals surface area contributed by atoms with Gasteiger partial charge < -0.3 is 14.8 Å². The van der Waals surface area contributed by atoms with Crippen LogP contribution in [0.15, 0.2) is 36.4 Å². The topological polar surface area (TPSA) is 50.8 Å². The molecule has 0 aliphatic carbocycles. The largest absolute Gasteiger partial charge is 0.493 e. The van der Waals surface area contributed by atoms with Crippen molar-refractivity contribution in [2.75, 3.05) is 24.4 Å². The first-order chi connectivity index (χ1) is 12.0. The summed E-state index contributed by atoms with van der Waals surface area (Å²) in [5.41, 5.74) is 2.20. The lowest BCUT2D eigenvalue weighted by atomic mass is 9.97. The molecular weight excluding hydrogens is 323 g/mol. The van der Waals surface area contributed by atoms with Crippen LogP contribution in [0.3, 0.4) is 0 Å². The second-order valence-corrected chi connectivity index (χ2v) is 6.03. The van der Waals surface area contributed by atoms with Gasteiger partial charge in [-0.3, -0.25) is 4.90 Å². The van der Waals surface area contributed by atoms with Gasteiger partial charge in [0.05, 0.1) is 14.2 Å². The monoisotopic (exact) mass is 344 g/mol. The summed E-state index contributed by atoms with van der Waals surface area (Å²) in [5.74, 6) is 0.843. The van der Waals surface area contributed by atoms with E-state index in [1.165, 1.54) is 12.1 Å². The van der Waals surface area contributed by atoms with E-state index in [4.69, 9.17) is 9.47 Å². The van der Waals surface area contributed by atoms with Crippen LogP contribution < -0.4 is 19.7 Å². The highest BCUT2D eigenvalue weighted by molar-refractivity contribution is 6.03. The van der Waals surface area contributed by atoms with Crippen LogP contribution >= 0.6 is 0 Å². The first-order valence-corrected chi connectivity index (χ1v) is 8.14. The third-order valence-electron chi connectivity index (χ3n) is 4.43. The first-order valence-electron chi connectivity index (χ1n) is 8.14. The average Bonchev–Trinajstić information content (AvgIpc) is 2.61. The van der Waals surface area contributed by atoms with Gasteiger partial charge in [-0.15, -0.1) is 0 Å². The van der Waals surface area contributed by atoms with Crippen LogP contribution in [0, 0.1) is 5.82 Å². The number of ether oxygens (including phenoxy) is 2. The Balaban J connectivity index is 1.86. The van der Waals surface area contributed by atoms with Crippen molar-refractivity contribution in [3.8, 4) is 11.5 Å². The van der Waals surface area contributed by atoms with E-state index < -0.39 is 0 Å². The zero-order valence-electron chi connectivity index (χ0n) is 14.5. The van der Waals surface area contributed by atoms with Crippen molar-refractivity contribution in [3.05, 3.63) is 47.8 Å². The summed E-state index contributed by atoms with van der Waals surface area (Å²) in [5, 5.41) is 2.88. The predicted octanol–water partition coefficient (Wildman–Crippen LogP) is 4.22. The molecule has 0 radical (unpaired) electrons. The molecule has 0 aromatic heterocycles. The first kappa shape index (κ1) is 17.1. The number of aryl methyl sites for hydroxylation is 1. The molecule has 2 aromatic carbocycles. The molecular formula is C19H21FN2O3. The fourth-order valence-electron chi connectivity index (χ4n) is 3.13. The zero-order chi connectivity index (χ0) is 18.0. The Hall–Kier alpha value is -2.76. The summed E-state index contributed by atoms with van der Waals surface area (Å²) < 4.78 is 23.9. The Morgan fingerprint density at radius 1 is 1.16 bits per heavy atom. The van der Waals surface area contributed by atoms with E-state index in [0.717, 1.165) is 24.1 Å². The summed E-state index contributed by atoms with van der Waals surface area (Å²) in [6.07, 6.45) is 1.55. The van der Waals surface area contributed by atoms with Gasteiger partial charge in [0.15, 0.2) is 11.5 Å². The van der Waals surface area contributed by atoms with Crippen LogP contribution in [0.1, 0.15) is 18.9 Å². The van der Waals surface area contributed by atoms with Crippen molar-refractivity contribution < 1.29 is 18.7 Å². The SMILES string of the molecule is COc1ccc(NC(=O)N2c3ccc(F)cc3CC[C@H]2C)cc1OC. The Labute approximate surface area is 146 Å². The maximum absolute atomic E-state index is 13.5. The van der Waals surface area contributed by atoms with Crippen molar-refractivity contribution in [1.82, 2.24) is 0 Å². The molecule has 2 aromatic rings. The maximum Gasteiger partial charge on any atom is 0.326 e. The van der Waals surface area contributed by atoms with E-state index in [1.54, 1.807) is 43.4 Å². The number of amides is 2. The molecule has 0 saturated heterocycles. The van der Waals surface area contributed by atoms with Crippen LogP contribution in [0.2, 0.25) is 0 Å². The molecule has 6 heteroatoms. The quantitative estimate of drug-likeness (QED) is 0.907. The zero-order valence-corrected chi connectivity index (χ0v) is 14.5. The number of carbonyl (C=O) groups is 1. The van der Waals surface area contributed by atoms with Gasteiger partial charge >= 0.3 is 6.03 Å². The highest BCUT2D eigenvalue weighted by Crippen LogP contribution is 2.33. The molecule has 25 heavy (non-hydrogen) atoms. The standard InChI is InChI=1S/C19H21FN2O3/c1-12-4-5-13-10-14(20)6-8-16(13)22(12)19(23)21-15-7-9-17(24-2)18(11-15)25-3/h6-12H,4-5H2,1-3H3,(H,21,23)/t12-/m1/s1. The van der Waals surface area contributed by atoms with Gasteiger partial charge in [0.1, 0.15) is 5.82 Å². The molecule has 0 unspecified atom stereocenters. The van der Waals surface area contributed by atoms with E-state index in [2.05, 4.69) is 5.32 Å². The summed E-state index contributed by atoms with van der Waals surface area (Å²) >= 11 is 0. The van der Waals surface area contributed by atoms with Gasteiger partial charge in [0.25, 0.3) is 0 Å². The molecule has 2 amide bonds. The Bertz CT molecular complexity index is 794. The molecule has 1 aliphatic rings. The number of fused-ring (bicyclic) bond motifs is 1. The molecule has 0 bridgehead atoms. The molecule has 1 atom stereocenters. The molecule has 1 aliphatic heterocycles. The van der Waals surface area contributed by atoms with Crippen LogP contribution in [-0.2, 0) is 6.42 Å². The van der Waals surface area contributed by atoms with Crippen LogP contribution in [0.5, 0.6) is 11.5 Å². The number of hydrogen-bond donors (Lipinski definition) is 1. The number of urea groups is 1. The number of halogens is 1. The molecule has 5 nitrogen and oxygen atoms in total. The predicted molar refractivity (Wildman–Crippen MR) is 95.2 cm³/mol. The van der Waals surface area contributed by atoms with E-state index >= 15 is 0 Å². The summed E-state index contributed by atoms with van der Waals surface area (Å²) in [6, 6.07) is 9.50. The highest BCUT2D eigenvalue weighted by Gasteiger charge is 2.28. The van der Waals surface area contributed by atoms with Crippen molar-refractivity contribution in [1.29, 1.82) is 0 Å². The number of benzene rings is 2. The van der Waals surface area contributed by atoms with E-state index in [-0.39, 0.29) is 17.9 Å².